The summed E-state index contributed by atoms with van der Waals surface area (Å²) in [7, 11) is 0. The van der Waals surface area contributed by atoms with E-state index >= 15 is 0 Å². The molecule has 1 rings (SSSR count). The van der Waals surface area contributed by atoms with Crippen molar-refractivity contribution in [1.82, 2.24) is 5.32 Å². The van der Waals surface area contributed by atoms with Gasteiger partial charge in [-0.05, 0) is 23.6 Å². The maximum atomic E-state index is 11.1. The van der Waals surface area contributed by atoms with Gasteiger partial charge in [0, 0.05) is 5.69 Å². The number of rotatable bonds is 4. The SMILES string of the molecule is CC(C)c1ccc(NCC(=O)NC(N)=O)cc1. The quantitative estimate of drug-likeness (QED) is 0.737. The molecule has 0 aliphatic rings. The fraction of sp³-hybridized carbons (Fsp3) is 0.333. The highest BCUT2D eigenvalue weighted by Crippen LogP contribution is 2.16. The van der Waals surface area contributed by atoms with Gasteiger partial charge in [0.15, 0.2) is 0 Å². The highest BCUT2D eigenvalue weighted by Gasteiger charge is 2.03. The third kappa shape index (κ3) is 4.55. The van der Waals surface area contributed by atoms with Crippen LogP contribution in [0, 0.1) is 0 Å². The summed E-state index contributed by atoms with van der Waals surface area (Å²) in [6.07, 6.45) is 0. The van der Waals surface area contributed by atoms with E-state index < -0.39 is 11.9 Å². The van der Waals surface area contributed by atoms with Gasteiger partial charge in [0.05, 0.1) is 6.54 Å². The number of nitrogens with one attached hydrogen (secondary N) is 2. The molecule has 0 unspecified atom stereocenters. The lowest BCUT2D eigenvalue weighted by atomic mass is 10.0. The average Bonchev–Trinajstić information content (AvgIpc) is 2.26. The molecule has 0 bridgehead atoms. The Hall–Kier alpha value is -2.04. The van der Waals surface area contributed by atoms with Gasteiger partial charge in [-0.1, -0.05) is 26.0 Å². The van der Waals surface area contributed by atoms with E-state index in [-0.39, 0.29) is 6.54 Å². The van der Waals surface area contributed by atoms with Crippen LogP contribution in [0.3, 0.4) is 0 Å². The molecular weight excluding hydrogens is 218 g/mol. The lowest BCUT2D eigenvalue weighted by Crippen LogP contribution is -2.38. The molecule has 0 aliphatic heterocycles. The van der Waals surface area contributed by atoms with Gasteiger partial charge in [-0.2, -0.15) is 0 Å². The molecule has 0 fully saturated rings. The summed E-state index contributed by atoms with van der Waals surface area (Å²) < 4.78 is 0. The van der Waals surface area contributed by atoms with E-state index in [1.807, 2.05) is 29.6 Å². The topological polar surface area (TPSA) is 84.2 Å². The third-order valence-electron chi connectivity index (χ3n) is 2.29. The van der Waals surface area contributed by atoms with Crippen molar-refractivity contribution in [2.75, 3.05) is 11.9 Å². The summed E-state index contributed by atoms with van der Waals surface area (Å²) in [6, 6.07) is 6.95. The fourth-order valence-corrected chi connectivity index (χ4v) is 1.35. The van der Waals surface area contributed by atoms with Gasteiger partial charge < -0.3 is 11.1 Å². The van der Waals surface area contributed by atoms with Crippen LogP contribution in [0.2, 0.25) is 0 Å². The molecule has 5 nitrogen and oxygen atoms in total. The van der Waals surface area contributed by atoms with Gasteiger partial charge in [-0.15, -0.1) is 0 Å². The molecule has 4 N–H and O–H groups in total. The van der Waals surface area contributed by atoms with Crippen molar-refractivity contribution >= 4 is 17.6 Å². The summed E-state index contributed by atoms with van der Waals surface area (Å²) in [6.45, 7) is 4.25. The van der Waals surface area contributed by atoms with Crippen LogP contribution in [0.4, 0.5) is 10.5 Å². The molecule has 3 amide bonds. The number of hydrogen-bond donors (Lipinski definition) is 3. The van der Waals surface area contributed by atoms with Crippen molar-refractivity contribution < 1.29 is 9.59 Å². The first kappa shape index (κ1) is 13.0. The first-order chi connectivity index (χ1) is 7.99. The lowest BCUT2D eigenvalue weighted by molar-refractivity contribution is -0.118. The van der Waals surface area contributed by atoms with E-state index in [9.17, 15) is 9.59 Å². The molecule has 0 spiro atoms. The van der Waals surface area contributed by atoms with Gasteiger partial charge >= 0.3 is 6.03 Å². The van der Waals surface area contributed by atoms with Crippen molar-refractivity contribution in [2.24, 2.45) is 5.73 Å². The highest BCUT2D eigenvalue weighted by atomic mass is 16.2. The van der Waals surface area contributed by atoms with E-state index in [4.69, 9.17) is 5.73 Å². The second-order valence-electron chi connectivity index (χ2n) is 4.04. The number of hydrogen-bond acceptors (Lipinski definition) is 3. The Labute approximate surface area is 100 Å². The Kier molecular flexibility index (Phi) is 4.51. The van der Waals surface area contributed by atoms with Crippen LogP contribution in [0.15, 0.2) is 24.3 Å². The normalized spacial score (nSPS) is 10.1. The second kappa shape index (κ2) is 5.89. The third-order valence-corrected chi connectivity index (χ3v) is 2.29. The number of carbonyl (C=O) groups excluding carboxylic acids is 2. The van der Waals surface area contributed by atoms with Gasteiger partial charge in [0.1, 0.15) is 0 Å². The number of urea groups is 1. The molecule has 0 aliphatic carbocycles. The Morgan fingerprint density at radius 1 is 1.24 bits per heavy atom. The second-order valence-corrected chi connectivity index (χ2v) is 4.04. The number of anilines is 1. The number of nitrogens with two attached hydrogens (primary N) is 1. The average molecular weight is 235 g/mol. The molecule has 1 aromatic carbocycles. The maximum Gasteiger partial charge on any atom is 0.318 e. The summed E-state index contributed by atoms with van der Waals surface area (Å²) in [5.41, 5.74) is 6.88. The molecule has 17 heavy (non-hydrogen) atoms. The van der Waals surface area contributed by atoms with Crippen LogP contribution in [-0.2, 0) is 4.79 Å². The van der Waals surface area contributed by atoms with Gasteiger partial charge in [0.2, 0.25) is 5.91 Å². The minimum absolute atomic E-state index is 0.0178. The number of amides is 3. The Balaban J connectivity index is 2.47. The molecule has 1 aromatic rings. The standard InChI is InChI=1S/C12H17N3O2/c1-8(2)9-3-5-10(6-4-9)14-7-11(16)15-12(13)17/h3-6,8,14H,7H2,1-2H3,(H3,13,15,16,17). The Bertz CT molecular complexity index is 399. The fourth-order valence-electron chi connectivity index (χ4n) is 1.35. The van der Waals surface area contributed by atoms with E-state index in [1.165, 1.54) is 5.56 Å². The van der Waals surface area contributed by atoms with Crippen LogP contribution in [0.5, 0.6) is 0 Å². The van der Waals surface area contributed by atoms with E-state index in [2.05, 4.69) is 19.2 Å². The molecule has 0 saturated carbocycles. The van der Waals surface area contributed by atoms with Crippen molar-refractivity contribution in [3.63, 3.8) is 0 Å². The molecule has 0 atom stereocenters. The summed E-state index contributed by atoms with van der Waals surface area (Å²) >= 11 is 0. The largest absolute Gasteiger partial charge is 0.376 e. The van der Waals surface area contributed by atoms with E-state index in [1.54, 1.807) is 0 Å². The zero-order chi connectivity index (χ0) is 12.8. The molecule has 0 radical (unpaired) electrons. The van der Waals surface area contributed by atoms with Gasteiger partial charge in [-0.25, -0.2) is 4.79 Å². The predicted octanol–water partition coefficient (Wildman–Crippen LogP) is 1.42. The van der Waals surface area contributed by atoms with Crippen molar-refractivity contribution in [2.45, 2.75) is 19.8 Å². The van der Waals surface area contributed by atoms with Crippen molar-refractivity contribution in [3.05, 3.63) is 29.8 Å². The minimum Gasteiger partial charge on any atom is -0.376 e. The summed E-state index contributed by atoms with van der Waals surface area (Å²) in [5, 5.41) is 4.88. The van der Waals surface area contributed by atoms with Gasteiger partial charge in [0.25, 0.3) is 0 Å². The van der Waals surface area contributed by atoms with Crippen LogP contribution in [-0.4, -0.2) is 18.5 Å². The van der Waals surface area contributed by atoms with Crippen LogP contribution >= 0.6 is 0 Å². The first-order valence-electron chi connectivity index (χ1n) is 5.42. The molecule has 0 heterocycles. The number of primary amides is 1. The zero-order valence-corrected chi connectivity index (χ0v) is 9.99. The maximum absolute atomic E-state index is 11.1. The van der Waals surface area contributed by atoms with Crippen LogP contribution in [0.25, 0.3) is 0 Å². The van der Waals surface area contributed by atoms with Crippen LogP contribution < -0.4 is 16.4 Å². The van der Waals surface area contributed by atoms with Crippen molar-refractivity contribution in [3.8, 4) is 0 Å². The molecule has 5 heteroatoms. The summed E-state index contributed by atoms with van der Waals surface area (Å²) in [5.74, 6) is 0.0210. The van der Waals surface area contributed by atoms with Crippen molar-refractivity contribution in [1.29, 1.82) is 0 Å². The monoisotopic (exact) mass is 235 g/mol. The highest BCUT2D eigenvalue weighted by molar-refractivity contribution is 5.95. The number of imide groups is 1. The van der Waals surface area contributed by atoms with Gasteiger partial charge in [-0.3, -0.25) is 10.1 Å². The Morgan fingerprint density at radius 3 is 2.29 bits per heavy atom. The number of benzene rings is 1. The van der Waals surface area contributed by atoms with E-state index in [0.29, 0.717) is 5.92 Å². The van der Waals surface area contributed by atoms with Crippen LogP contribution in [0.1, 0.15) is 25.3 Å². The zero-order valence-electron chi connectivity index (χ0n) is 9.99. The molecule has 0 aromatic heterocycles. The Morgan fingerprint density at radius 2 is 1.82 bits per heavy atom. The summed E-state index contributed by atoms with van der Waals surface area (Å²) in [4.78, 5) is 21.5. The van der Waals surface area contributed by atoms with E-state index in [0.717, 1.165) is 5.69 Å². The smallest absolute Gasteiger partial charge is 0.318 e. The number of carbonyl (C=O) groups is 2. The molecular formula is C12H17N3O2. The lowest BCUT2D eigenvalue weighted by Gasteiger charge is -2.08. The minimum atomic E-state index is -0.841. The first-order valence-corrected chi connectivity index (χ1v) is 5.42. The molecule has 92 valence electrons. The molecule has 0 saturated heterocycles. The predicted molar refractivity (Wildman–Crippen MR) is 66.7 cm³/mol.